The van der Waals surface area contributed by atoms with Crippen LogP contribution in [-0.2, 0) is 14.3 Å². The van der Waals surface area contributed by atoms with Crippen molar-refractivity contribution in [1.29, 1.82) is 0 Å². The molecule has 3 aromatic carbocycles. The van der Waals surface area contributed by atoms with Crippen LogP contribution in [0, 0.1) is 5.92 Å². The first-order valence-corrected chi connectivity index (χ1v) is 14.8. The van der Waals surface area contributed by atoms with Crippen LogP contribution >= 0.6 is 0 Å². The van der Waals surface area contributed by atoms with Gasteiger partial charge in [-0.15, -0.1) is 0 Å². The average Bonchev–Trinajstić information content (AvgIpc) is 2.91. The molecule has 0 saturated heterocycles. The van der Waals surface area contributed by atoms with E-state index < -0.39 is 35.6 Å². The fourth-order valence-electron chi connectivity index (χ4n) is 4.89. The molecule has 3 rings (SSSR count). The number of hydrogen-bond donors (Lipinski definition) is 3. The number of nitrogens with one attached hydrogen (secondary N) is 2. The highest BCUT2D eigenvalue weighted by atomic mass is 16.6. The molecule has 3 aromatic rings. The van der Waals surface area contributed by atoms with Crippen molar-refractivity contribution in [3.63, 3.8) is 0 Å². The van der Waals surface area contributed by atoms with Gasteiger partial charge in [0.25, 0.3) is 5.91 Å². The number of aromatic hydroxyl groups is 1. The summed E-state index contributed by atoms with van der Waals surface area (Å²) in [5.74, 6) is -0.892. The standard InChI is InChI=1S/C34H45N3O5/c1-7-8-13-20-37(32(40)28(21-23(2)3)36-33(41)42-34(4,5)6)30(27-16-11-12-17-29(27)38)31(39)35-26-19-18-24-14-9-10-15-25(24)22-26/h9-12,14-19,22-23,28,30,38H,7-8,13,20-21H2,1-6H3,(H,35,39)(H,36,41). The van der Waals surface area contributed by atoms with E-state index in [-0.39, 0.29) is 18.2 Å². The van der Waals surface area contributed by atoms with Crippen LogP contribution < -0.4 is 10.6 Å². The molecule has 0 heterocycles. The van der Waals surface area contributed by atoms with E-state index in [1.165, 1.54) is 11.0 Å². The Bertz CT molecular complexity index is 1360. The summed E-state index contributed by atoms with van der Waals surface area (Å²) in [5.41, 5.74) is 0.140. The van der Waals surface area contributed by atoms with Gasteiger partial charge in [-0.2, -0.15) is 0 Å². The largest absolute Gasteiger partial charge is 0.508 e. The van der Waals surface area contributed by atoms with Gasteiger partial charge in [0, 0.05) is 17.8 Å². The molecule has 0 aliphatic rings. The number of alkyl carbamates (subject to hydrolysis) is 1. The lowest BCUT2D eigenvalue weighted by atomic mass is 9.98. The maximum Gasteiger partial charge on any atom is 0.408 e. The molecule has 42 heavy (non-hydrogen) atoms. The zero-order valence-electron chi connectivity index (χ0n) is 25.6. The monoisotopic (exact) mass is 575 g/mol. The Morgan fingerprint density at radius 2 is 1.60 bits per heavy atom. The van der Waals surface area contributed by atoms with Crippen LogP contribution in [0.15, 0.2) is 66.7 Å². The molecule has 3 N–H and O–H groups in total. The van der Waals surface area contributed by atoms with Crippen molar-refractivity contribution in [2.24, 2.45) is 5.92 Å². The minimum absolute atomic E-state index is 0.0707. The number of ether oxygens (including phenoxy) is 1. The molecular formula is C34H45N3O5. The second kappa shape index (κ2) is 14.7. The molecule has 0 aromatic heterocycles. The molecular weight excluding hydrogens is 530 g/mol. The van der Waals surface area contributed by atoms with E-state index in [1.807, 2.05) is 56.3 Å². The van der Waals surface area contributed by atoms with Gasteiger partial charge in [0.05, 0.1) is 0 Å². The number of nitrogens with zero attached hydrogens (tertiary/aromatic N) is 1. The Labute approximate surface area is 249 Å². The number of phenolic OH excluding ortho intramolecular Hbond substituents is 1. The molecule has 2 unspecified atom stereocenters. The van der Waals surface area contributed by atoms with Gasteiger partial charge in [-0.1, -0.05) is 82.1 Å². The number of unbranched alkanes of at least 4 members (excludes halogenated alkanes) is 2. The highest BCUT2D eigenvalue weighted by molar-refractivity contribution is 6.00. The van der Waals surface area contributed by atoms with E-state index in [0.717, 1.165) is 23.6 Å². The average molecular weight is 576 g/mol. The minimum atomic E-state index is -1.14. The number of carbonyl (C=O) groups is 3. The highest BCUT2D eigenvalue weighted by Gasteiger charge is 2.37. The lowest BCUT2D eigenvalue weighted by molar-refractivity contribution is -0.141. The van der Waals surface area contributed by atoms with Gasteiger partial charge in [0.2, 0.25) is 5.91 Å². The zero-order chi connectivity index (χ0) is 30.9. The molecule has 226 valence electrons. The molecule has 0 aliphatic carbocycles. The molecule has 3 amide bonds. The minimum Gasteiger partial charge on any atom is -0.508 e. The summed E-state index contributed by atoms with van der Waals surface area (Å²) in [7, 11) is 0. The van der Waals surface area contributed by atoms with Crippen molar-refractivity contribution in [2.75, 3.05) is 11.9 Å². The van der Waals surface area contributed by atoms with E-state index in [2.05, 4.69) is 17.6 Å². The third kappa shape index (κ3) is 9.23. The van der Waals surface area contributed by atoms with Crippen LogP contribution in [0.2, 0.25) is 0 Å². The van der Waals surface area contributed by atoms with E-state index in [4.69, 9.17) is 4.74 Å². The molecule has 8 heteroatoms. The Kier molecular flexibility index (Phi) is 11.4. The van der Waals surface area contributed by atoms with Gasteiger partial charge in [-0.25, -0.2) is 4.79 Å². The Hall–Kier alpha value is -4.07. The molecule has 0 bridgehead atoms. The van der Waals surface area contributed by atoms with Crippen molar-refractivity contribution in [2.45, 2.75) is 84.9 Å². The first-order valence-electron chi connectivity index (χ1n) is 14.8. The lowest BCUT2D eigenvalue weighted by Gasteiger charge is -2.35. The van der Waals surface area contributed by atoms with Gasteiger partial charge < -0.3 is 25.4 Å². The number of amides is 3. The fourth-order valence-corrected chi connectivity index (χ4v) is 4.89. The van der Waals surface area contributed by atoms with Gasteiger partial charge >= 0.3 is 6.09 Å². The van der Waals surface area contributed by atoms with Crippen molar-refractivity contribution in [3.8, 4) is 5.75 Å². The maximum absolute atomic E-state index is 14.3. The quantitative estimate of drug-likeness (QED) is 0.198. The third-order valence-corrected chi connectivity index (χ3v) is 6.79. The summed E-state index contributed by atoms with van der Waals surface area (Å²) >= 11 is 0. The summed E-state index contributed by atoms with van der Waals surface area (Å²) in [6.07, 6.45) is 2.06. The summed E-state index contributed by atoms with van der Waals surface area (Å²) in [4.78, 5) is 42.7. The van der Waals surface area contributed by atoms with E-state index in [0.29, 0.717) is 24.1 Å². The third-order valence-electron chi connectivity index (χ3n) is 6.79. The van der Waals surface area contributed by atoms with Gasteiger partial charge in [0.15, 0.2) is 0 Å². The number of rotatable bonds is 12. The van der Waals surface area contributed by atoms with E-state index >= 15 is 0 Å². The molecule has 2 atom stereocenters. The predicted octanol–water partition coefficient (Wildman–Crippen LogP) is 7.18. The first-order chi connectivity index (χ1) is 19.9. The SMILES string of the molecule is CCCCCN(C(=O)C(CC(C)C)NC(=O)OC(C)(C)C)C(C(=O)Nc1ccc2ccccc2c1)c1ccccc1O. The number of benzene rings is 3. The van der Waals surface area contributed by atoms with Crippen LogP contribution in [0.1, 0.15) is 78.8 Å². The predicted molar refractivity (Wildman–Crippen MR) is 167 cm³/mol. The fraction of sp³-hybridized carbons (Fsp3) is 0.441. The second-order valence-electron chi connectivity index (χ2n) is 12.1. The van der Waals surface area contributed by atoms with Gasteiger partial charge in [0.1, 0.15) is 23.4 Å². The van der Waals surface area contributed by atoms with Crippen LogP contribution in [0.5, 0.6) is 5.75 Å². The van der Waals surface area contributed by atoms with Crippen molar-refractivity contribution >= 4 is 34.4 Å². The molecule has 0 aliphatic heterocycles. The van der Waals surface area contributed by atoms with Crippen LogP contribution in [0.4, 0.5) is 10.5 Å². The van der Waals surface area contributed by atoms with Gasteiger partial charge in [-0.3, -0.25) is 9.59 Å². The number of hydrogen-bond acceptors (Lipinski definition) is 5. The smallest absolute Gasteiger partial charge is 0.408 e. The van der Waals surface area contributed by atoms with Crippen LogP contribution in [0.25, 0.3) is 10.8 Å². The summed E-state index contributed by atoms with van der Waals surface area (Å²) in [5, 5.41) is 18.6. The lowest BCUT2D eigenvalue weighted by Crippen LogP contribution is -2.53. The van der Waals surface area contributed by atoms with Crippen molar-refractivity contribution in [3.05, 3.63) is 72.3 Å². The Morgan fingerprint density at radius 3 is 2.24 bits per heavy atom. The molecule has 8 nitrogen and oxygen atoms in total. The number of phenols is 1. The maximum atomic E-state index is 14.3. The summed E-state index contributed by atoms with van der Waals surface area (Å²) < 4.78 is 5.46. The summed E-state index contributed by atoms with van der Waals surface area (Å²) in [6, 6.07) is 17.9. The molecule has 0 spiro atoms. The number of fused-ring (bicyclic) bond motifs is 1. The molecule has 0 radical (unpaired) electrons. The van der Waals surface area contributed by atoms with Gasteiger partial charge in [-0.05, 0) is 68.5 Å². The van der Waals surface area contributed by atoms with Crippen molar-refractivity contribution in [1.82, 2.24) is 10.2 Å². The van der Waals surface area contributed by atoms with E-state index in [1.54, 1.807) is 39.0 Å². The van der Waals surface area contributed by atoms with Crippen LogP contribution in [0.3, 0.4) is 0 Å². The normalized spacial score (nSPS) is 12.9. The molecule has 0 saturated carbocycles. The van der Waals surface area contributed by atoms with Crippen LogP contribution in [-0.4, -0.2) is 46.1 Å². The highest BCUT2D eigenvalue weighted by Crippen LogP contribution is 2.32. The topological polar surface area (TPSA) is 108 Å². The van der Waals surface area contributed by atoms with E-state index in [9.17, 15) is 19.5 Å². The Morgan fingerprint density at radius 1 is 0.929 bits per heavy atom. The molecule has 0 fully saturated rings. The zero-order valence-corrected chi connectivity index (χ0v) is 25.6. The number of anilines is 1. The number of carbonyl (C=O) groups excluding carboxylic acids is 3. The second-order valence-corrected chi connectivity index (χ2v) is 12.1. The Balaban J connectivity index is 2.04. The first kappa shape index (κ1) is 32.4. The summed E-state index contributed by atoms with van der Waals surface area (Å²) in [6.45, 7) is 11.5. The van der Waals surface area contributed by atoms with Crippen molar-refractivity contribution < 1.29 is 24.2 Å². The number of para-hydroxylation sites is 1.